The SMILES string of the molecule is CCC(=CC(CNC(=O)c1ccc(C)nc1)N=O)C(C)[N+](=O)[O-]. The standard InChI is InChI=1S/C15H20N4O4/c1-4-12(11(3)19(22)23)7-14(18-21)9-17-15(20)13-6-5-10(2)16-8-13/h5-8,11,14H,4,9H2,1-3H3,(H,17,20). The number of hydrogen-bond donors (Lipinski definition) is 1. The van der Waals surface area contributed by atoms with E-state index in [4.69, 9.17) is 0 Å². The summed E-state index contributed by atoms with van der Waals surface area (Å²) < 4.78 is 0. The van der Waals surface area contributed by atoms with Crippen LogP contribution in [-0.4, -0.2) is 34.4 Å². The van der Waals surface area contributed by atoms with Gasteiger partial charge in [0.15, 0.2) is 0 Å². The monoisotopic (exact) mass is 320 g/mol. The third-order valence-corrected chi connectivity index (χ3v) is 3.45. The molecule has 0 saturated heterocycles. The van der Waals surface area contributed by atoms with E-state index in [0.717, 1.165) is 5.69 Å². The first-order chi connectivity index (χ1) is 10.9. The molecule has 0 aliphatic heterocycles. The number of rotatable bonds is 8. The van der Waals surface area contributed by atoms with E-state index < -0.39 is 17.0 Å². The second-order valence-electron chi connectivity index (χ2n) is 5.13. The zero-order valence-corrected chi connectivity index (χ0v) is 13.4. The number of carbonyl (C=O) groups is 1. The first-order valence-electron chi connectivity index (χ1n) is 7.26. The second-order valence-corrected chi connectivity index (χ2v) is 5.13. The Morgan fingerprint density at radius 2 is 2.22 bits per heavy atom. The van der Waals surface area contributed by atoms with Gasteiger partial charge in [-0.1, -0.05) is 12.1 Å². The normalized spacial score (nSPS) is 14.0. The molecule has 0 aliphatic carbocycles. The average molecular weight is 320 g/mol. The molecule has 1 rings (SSSR count). The molecule has 1 N–H and O–H groups in total. The summed E-state index contributed by atoms with van der Waals surface area (Å²) in [4.78, 5) is 37.3. The van der Waals surface area contributed by atoms with Gasteiger partial charge in [0.2, 0.25) is 6.04 Å². The Kier molecular flexibility index (Phi) is 6.98. The molecule has 1 aromatic heterocycles. The zero-order chi connectivity index (χ0) is 17.4. The van der Waals surface area contributed by atoms with Gasteiger partial charge in [0.25, 0.3) is 5.91 Å². The van der Waals surface area contributed by atoms with Crippen LogP contribution in [0.15, 0.2) is 35.2 Å². The number of carbonyl (C=O) groups excluding carboxylic acids is 1. The summed E-state index contributed by atoms with van der Waals surface area (Å²) in [6.07, 6.45) is 3.33. The summed E-state index contributed by atoms with van der Waals surface area (Å²) in [5, 5.41) is 16.3. The highest BCUT2D eigenvalue weighted by atomic mass is 16.6. The summed E-state index contributed by atoms with van der Waals surface area (Å²) in [7, 11) is 0. The van der Waals surface area contributed by atoms with Gasteiger partial charge in [-0.05, 0) is 31.6 Å². The number of nitrogens with one attached hydrogen (secondary N) is 1. The number of aromatic nitrogens is 1. The van der Waals surface area contributed by atoms with Crippen molar-refractivity contribution < 1.29 is 9.72 Å². The highest BCUT2D eigenvalue weighted by Crippen LogP contribution is 2.12. The Bertz CT molecular complexity index is 598. The first-order valence-corrected chi connectivity index (χ1v) is 7.26. The molecule has 1 aromatic rings. The van der Waals surface area contributed by atoms with Crippen molar-refractivity contribution in [1.82, 2.24) is 10.3 Å². The van der Waals surface area contributed by atoms with Crippen molar-refractivity contribution in [2.24, 2.45) is 5.18 Å². The Morgan fingerprint density at radius 3 is 2.70 bits per heavy atom. The van der Waals surface area contributed by atoms with E-state index in [2.05, 4.69) is 15.5 Å². The minimum absolute atomic E-state index is 0.0237. The maximum absolute atomic E-state index is 12.0. The van der Waals surface area contributed by atoms with Crippen LogP contribution < -0.4 is 5.32 Å². The maximum Gasteiger partial charge on any atom is 0.252 e. The molecule has 0 saturated carbocycles. The van der Waals surface area contributed by atoms with Crippen molar-refractivity contribution >= 4 is 5.91 Å². The average Bonchev–Trinajstić information content (AvgIpc) is 2.54. The molecule has 8 heteroatoms. The van der Waals surface area contributed by atoms with Crippen molar-refractivity contribution in [3.8, 4) is 0 Å². The molecule has 2 atom stereocenters. The van der Waals surface area contributed by atoms with Crippen molar-refractivity contribution in [3.05, 3.63) is 56.3 Å². The van der Waals surface area contributed by atoms with Crippen LogP contribution in [0.1, 0.15) is 36.3 Å². The van der Waals surface area contributed by atoms with Gasteiger partial charge in [0, 0.05) is 35.9 Å². The Morgan fingerprint density at radius 1 is 1.52 bits per heavy atom. The Hall–Kier alpha value is -2.64. The fourth-order valence-electron chi connectivity index (χ4n) is 1.96. The Balaban J connectivity index is 2.72. The number of nitroso groups, excluding NO2 is 1. The van der Waals surface area contributed by atoms with E-state index in [9.17, 15) is 19.8 Å². The molecule has 124 valence electrons. The number of nitrogens with zero attached hydrogens (tertiary/aromatic N) is 3. The number of amides is 1. The molecule has 0 spiro atoms. The third-order valence-electron chi connectivity index (χ3n) is 3.45. The van der Waals surface area contributed by atoms with Crippen LogP contribution >= 0.6 is 0 Å². The van der Waals surface area contributed by atoms with Gasteiger partial charge >= 0.3 is 0 Å². The van der Waals surface area contributed by atoms with Crippen LogP contribution in [0.4, 0.5) is 0 Å². The Labute approximate surface area is 134 Å². The summed E-state index contributed by atoms with van der Waals surface area (Å²) in [5.74, 6) is -0.375. The molecule has 1 heterocycles. The van der Waals surface area contributed by atoms with Gasteiger partial charge in [-0.2, -0.15) is 4.91 Å². The van der Waals surface area contributed by atoms with E-state index in [0.29, 0.717) is 17.6 Å². The highest BCUT2D eigenvalue weighted by molar-refractivity contribution is 5.93. The lowest BCUT2D eigenvalue weighted by molar-refractivity contribution is -0.508. The predicted octanol–water partition coefficient (Wildman–Crippen LogP) is 2.26. The lowest BCUT2D eigenvalue weighted by Gasteiger charge is -2.11. The lowest BCUT2D eigenvalue weighted by atomic mass is 10.0. The minimum atomic E-state index is -0.888. The number of nitro groups is 1. The van der Waals surface area contributed by atoms with Crippen LogP contribution in [0.2, 0.25) is 0 Å². The molecule has 0 fully saturated rings. The summed E-state index contributed by atoms with van der Waals surface area (Å²) >= 11 is 0. The van der Waals surface area contributed by atoms with Gasteiger partial charge in [-0.15, -0.1) is 0 Å². The zero-order valence-electron chi connectivity index (χ0n) is 13.4. The molecule has 0 aliphatic rings. The molecule has 0 bridgehead atoms. The topological polar surface area (TPSA) is 115 Å². The quantitative estimate of drug-likeness (QED) is 0.341. The molecule has 23 heavy (non-hydrogen) atoms. The van der Waals surface area contributed by atoms with Crippen LogP contribution in [0.3, 0.4) is 0 Å². The van der Waals surface area contributed by atoms with Crippen LogP contribution in [0, 0.1) is 21.9 Å². The van der Waals surface area contributed by atoms with Crippen molar-refractivity contribution in [1.29, 1.82) is 0 Å². The first kappa shape index (κ1) is 18.4. The van der Waals surface area contributed by atoms with E-state index >= 15 is 0 Å². The van der Waals surface area contributed by atoms with Crippen molar-refractivity contribution in [2.75, 3.05) is 6.54 Å². The van der Waals surface area contributed by atoms with E-state index in [1.165, 1.54) is 19.2 Å². The smallest absolute Gasteiger partial charge is 0.252 e. The number of hydrogen-bond acceptors (Lipinski definition) is 6. The molecule has 8 nitrogen and oxygen atoms in total. The van der Waals surface area contributed by atoms with Crippen LogP contribution in [-0.2, 0) is 0 Å². The third kappa shape index (κ3) is 5.57. The summed E-state index contributed by atoms with van der Waals surface area (Å²) in [5.41, 5.74) is 1.67. The second kappa shape index (κ2) is 8.72. The van der Waals surface area contributed by atoms with Gasteiger partial charge in [0.05, 0.1) is 5.56 Å². The fourth-order valence-corrected chi connectivity index (χ4v) is 1.96. The molecular formula is C15H20N4O4. The minimum Gasteiger partial charge on any atom is -0.349 e. The summed E-state index contributed by atoms with van der Waals surface area (Å²) in [6, 6.07) is 1.59. The van der Waals surface area contributed by atoms with E-state index in [1.54, 1.807) is 19.1 Å². The van der Waals surface area contributed by atoms with Gasteiger partial charge in [-0.25, -0.2) is 0 Å². The molecule has 0 aromatic carbocycles. The lowest BCUT2D eigenvalue weighted by Crippen LogP contribution is -2.31. The molecule has 0 radical (unpaired) electrons. The molecule has 2 unspecified atom stereocenters. The summed E-state index contributed by atoms with van der Waals surface area (Å²) in [6.45, 7) is 5.00. The largest absolute Gasteiger partial charge is 0.349 e. The van der Waals surface area contributed by atoms with Crippen molar-refractivity contribution in [3.63, 3.8) is 0 Å². The van der Waals surface area contributed by atoms with Crippen molar-refractivity contribution in [2.45, 2.75) is 39.3 Å². The highest BCUT2D eigenvalue weighted by Gasteiger charge is 2.20. The van der Waals surface area contributed by atoms with Gasteiger partial charge in [0.1, 0.15) is 6.04 Å². The predicted molar refractivity (Wildman–Crippen MR) is 85.7 cm³/mol. The number of pyridine rings is 1. The van der Waals surface area contributed by atoms with Gasteiger partial charge in [-0.3, -0.25) is 19.9 Å². The maximum atomic E-state index is 12.0. The molecular weight excluding hydrogens is 300 g/mol. The number of aryl methyl sites for hydroxylation is 1. The van der Waals surface area contributed by atoms with E-state index in [-0.39, 0.29) is 12.5 Å². The van der Waals surface area contributed by atoms with Gasteiger partial charge < -0.3 is 5.32 Å². The fraction of sp³-hybridized carbons (Fsp3) is 0.467. The van der Waals surface area contributed by atoms with Crippen LogP contribution in [0.25, 0.3) is 0 Å². The molecule has 1 amide bonds. The van der Waals surface area contributed by atoms with E-state index in [1.807, 2.05) is 6.92 Å². The van der Waals surface area contributed by atoms with Crippen LogP contribution in [0.5, 0.6) is 0 Å².